The molecule has 27 heavy (non-hydrogen) atoms. The Morgan fingerprint density at radius 2 is 1.89 bits per heavy atom. The Labute approximate surface area is 162 Å². The minimum absolute atomic E-state index is 0.333. The Morgan fingerprint density at radius 3 is 2.52 bits per heavy atom. The number of hydrogen-bond acceptors (Lipinski definition) is 4. The van der Waals surface area contributed by atoms with Crippen molar-refractivity contribution >= 4 is 16.0 Å². The van der Waals surface area contributed by atoms with Gasteiger partial charge in [-0.3, -0.25) is 0 Å². The fraction of sp³-hybridized carbons (Fsp3) is 0.632. The second kappa shape index (κ2) is 8.58. The first-order valence-electron chi connectivity index (χ1n) is 9.73. The van der Waals surface area contributed by atoms with Gasteiger partial charge in [-0.2, -0.15) is 4.31 Å². The van der Waals surface area contributed by atoms with Crippen LogP contribution in [0.15, 0.2) is 34.2 Å². The van der Waals surface area contributed by atoms with Crippen LogP contribution in [-0.2, 0) is 16.6 Å². The summed E-state index contributed by atoms with van der Waals surface area (Å²) >= 11 is 0. The summed E-state index contributed by atoms with van der Waals surface area (Å²) in [7, 11) is -1.48. The number of likely N-dealkylation sites (N-methyl/N-ethyl adjacent to an activating group) is 1. The fourth-order valence-electron chi connectivity index (χ4n) is 3.24. The highest BCUT2D eigenvalue weighted by Gasteiger charge is 2.33. The molecule has 0 radical (unpaired) electrons. The maximum atomic E-state index is 13.1. The summed E-state index contributed by atoms with van der Waals surface area (Å²) in [5, 5.41) is 6.66. The molecule has 0 bridgehead atoms. The molecular formula is C19H31N5O2S. The minimum Gasteiger partial charge on any atom is -0.357 e. The van der Waals surface area contributed by atoms with Gasteiger partial charge in [0.05, 0.1) is 11.4 Å². The van der Waals surface area contributed by atoms with Crippen molar-refractivity contribution in [3.8, 4) is 0 Å². The molecule has 1 aromatic rings. The summed E-state index contributed by atoms with van der Waals surface area (Å²) in [6.45, 7) is 7.91. The van der Waals surface area contributed by atoms with Crippen molar-refractivity contribution in [1.29, 1.82) is 0 Å². The van der Waals surface area contributed by atoms with Crippen LogP contribution in [0.1, 0.15) is 25.8 Å². The SMILES string of the molecule is CCNC(=NCc1ccccc1S(=O)(=O)N1CCN(C)CC1)NC1CC1C. The third-order valence-corrected chi connectivity index (χ3v) is 7.24. The Bertz CT molecular complexity index is 772. The second-order valence-corrected chi connectivity index (χ2v) is 9.38. The molecular weight excluding hydrogens is 362 g/mol. The first-order chi connectivity index (χ1) is 12.9. The lowest BCUT2D eigenvalue weighted by Crippen LogP contribution is -2.47. The maximum Gasteiger partial charge on any atom is 0.243 e. The fourth-order valence-corrected chi connectivity index (χ4v) is 4.87. The zero-order valence-electron chi connectivity index (χ0n) is 16.5. The molecule has 1 aliphatic heterocycles. The van der Waals surface area contributed by atoms with Crippen LogP contribution in [0, 0.1) is 5.92 Å². The Hall–Kier alpha value is -1.64. The van der Waals surface area contributed by atoms with Crippen molar-refractivity contribution in [1.82, 2.24) is 19.8 Å². The first-order valence-corrected chi connectivity index (χ1v) is 11.2. The van der Waals surface area contributed by atoms with Crippen molar-refractivity contribution in [2.45, 2.75) is 37.8 Å². The highest BCUT2D eigenvalue weighted by Crippen LogP contribution is 2.29. The van der Waals surface area contributed by atoms with Crippen LogP contribution >= 0.6 is 0 Å². The van der Waals surface area contributed by atoms with Crippen LogP contribution in [0.4, 0.5) is 0 Å². The van der Waals surface area contributed by atoms with Gasteiger partial charge in [0.15, 0.2) is 5.96 Å². The molecule has 2 fully saturated rings. The standard InChI is InChI=1S/C19H31N5O2S/c1-4-20-19(22-17-13-15(17)2)21-14-16-7-5-6-8-18(16)27(25,26)24-11-9-23(3)10-12-24/h5-8,15,17H,4,9-14H2,1-3H3,(H2,20,21,22). The highest BCUT2D eigenvalue weighted by atomic mass is 32.2. The third kappa shape index (κ3) is 5.00. The van der Waals surface area contributed by atoms with Crippen LogP contribution in [0.25, 0.3) is 0 Å². The molecule has 0 aromatic heterocycles. The van der Waals surface area contributed by atoms with E-state index < -0.39 is 10.0 Å². The van der Waals surface area contributed by atoms with E-state index in [2.05, 4.69) is 27.4 Å². The molecule has 1 aromatic carbocycles. The molecule has 1 heterocycles. The zero-order valence-corrected chi connectivity index (χ0v) is 17.3. The van der Waals surface area contributed by atoms with Gasteiger partial charge in [-0.1, -0.05) is 25.1 Å². The number of nitrogens with zero attached hydrogens (tertiary/aromatic N) is 3. The molecule has 2 N–H and O–H groups in total. The summed E-state index contributed by atoms with van der Waals surface area (Å²) in [5.74, 6) is 1.41. The number of guanidine groups is 1. The molecule has 0 spiro atoms. The predicted octanol–water partition coefficient (Wildman–Crippen LogP) is 1.09. The van der Waals surface area contributed by atoms with E-state index >= 15 is 0 Å². The lowest BCUT2D eigenvalue weighted by Gasteiger charge is -2.32. The van der Waals surface area contributed by atoms with Crippen molar-refractivity contribution in [2.24, 2.45) is 10.9 Å². The topological polar surface area (TPSA) is 77.0 Å². The van der Waals surface area contributed by atoms with Crippen molar-refractivity contribution in [3.05, 3.63) is 29.8 Å². The van der Waals surface area contributed by atoms with Gasteiger partial charge in [-0.25, -0.2) is 13.4 Å². The van der Waals surface area contributed by atoms with Crippen molar-refractivity contribution in [2.75, 3.05) is 39.8 Å². The van der Waals surface area contributed by atoms with Crippen LogP contribution in [-0.4, -0.2) is 69.4 Å². The molecule has 2 aliphatic rings. The van der Waals surface area contributed by atoms with E-state index in [0.29, 0.717) is 36.5 Å². The quantitative estimate of drug-likeness (QED) is 0.559. The van der Waals surface area contributed by atoms with E-state index in [1.165, 1.54) is 0 Å². The Balaban J connectivity index is 1.77. The Kier molecular flexibility index (Phi) is 6.39. The third-order valence-electron chi connectivity index (χ3n) is 5.24. The molecule has 1 saturated heterocycles. The summed E-state index contributed by atoms with van der Waals surface area (Å²) in [5.41, 5.74) is 0.734. The van der Waals surface area contributed by atoms with Crippen LogP contribution in [0.5, 0.6) is 0 Å². The van der Waals surface area contributed by atoms with Gasteiger partial charge in [0.25, 0.3) is 0 Å². The van der Waals surface area contributed by atoms with Crippen molar-refractivity contribution < 1.29 is 8.42 Å². The van der Waals surface area contributed by atoms with Gasteiger partial charge in [0, 0.05) is 38.8 Å². The molecule has 7 nitrogen and oxygen atoms in total. The largest absolute Gasteiger partial charge is 0.357 e. The molecule has 2 unspecified atom stereocenters. The van der Waals surface area contributed by atoms with Gasteiger partial charge in [0.1, 0.15) is 0 Å². The number of benzene rings is 1. The molecule has 1 saturated carbocycles. The monoisotopic (exact) mass is 393 g/mol. The number of rotatable bonds is 6. The molecule has 1 aliphatic carbocycles. The molecule has 3 rings (SSSR count). The highest BCUT2D eigenvalue weighted by molar-refractivity contribution is 7.89. The molecule has 150 valence electrons. The number of piperazine rings is 1. The number of sulfonamides is 1. The summed E-state index contributed by atoms with van der Waals surface area (Å²) in [4.78, 5) is 7.15. The first kappa shape index (κ1) is 20.1. The lowest BCUT2D eigenvalue weighted by molar-refractivity contribution is 0.222. The van der Waals surface area contributed by atoms with Crippen molar-refractivity contribution in [3.63, 3.8) is 0 Å². The maximum absolute atomic E-state index is 13.1. The van der Waals surface area contributed by atoms with Crippen LogP contribution < -0.4 is 10.6 Å². The van der Waals surface area contributed by atoms with Gasteiger partial charge in [-0.05, 0) is 37.9 Å². The van der Waals surface area contributed by atoms with E-state index in [9.17, 15) is 8.42 Å². The average Bonchev–Trinajstić information content (AvgIpc) is 3.35. The summed E-state index contributed by atoms with van der Waals surface area (Å²) in [6, 6.07) is 7.67. The molecule has 0 amide bonds. The zero-order chi connectivity index (χ0) is 19.4. The Morgan fingerprint density at radius 1 is 1.22 bits per heavy atom. The minimum atomic E-state index is -3.50. The summed E-state index contributed by atoms with van der Waals surface area (Å²) < 4.78 is 27.9. The second-order valence-electron chi connectivity index (χ2n) is 7.47. The van der Waals surface area contributed by atoms with Gasteiger partial charge in [-0.15, -0.1) is 0 Å². The van der Waals surface area contributed by atoms with E-state index in [1.807, 2.05) is 26.1 Å². The van der Waals surface area contributed by atoms with Gasteiger partial charge >= 0.3 is 0 Å². The van der Waals surface area contributed by atoms with Gasteiger partial charge in [0.2, 0.25) is 10.0 Å². The van der Waals surface area contributed by atoms with E-state index in [-0.39, 0.29) is 0 Å². The lowest BCUT2D eigenvalue weighted by atomic mass is 10.2. The van der Waals surface area contributed by atoms with Crippen LogP contribution in [0.2, 0.25) is 0 Å². The molecule has 2 atom stereocenters. The van der Waals surface area contributed by atoms with Crippen LogP contribution in [0.3, 0.4) is 0 Å². The average molecular weight is 394 g/mol. The van der Waals surface area contributed by atoms with E-state index in [0.717, 1.165) is 37.6 Å². The molecule has 8 heteroatoms. The smallest absolute Gasteiger partial charge is 0.243 e. The predicted molar refractivity (Wildman–Crippen MR) is 108 cm³/mol. The van der Waals surface area contributed by atoms with E-state index in [4.69, 9.17) is 0 Å². The summed E-state index contributed by atoms with van der Waals surface area (Å²) in [6.07, 6.45) is 1.15. The number of nitrogens with one attached hydrogen (secondary N) is 2. The number of hydrogen-bond donors (Lipinski definition) is 2. The normalized spacial score (nSPS) is 24.6. The number of aliphatic imine (C=N–C) groups is 1. The van der Waals surface area contributed by atoms with E-state index in [1.54, 1.807) is 16.4 Å². The van der Waals surface area contributed by atoms with Gasteiger partial charge < -0.3 is 15.5 Å².